The molecule has 0 bridgehead atoms. The van der Waals surface area contributed by atoms with Gasteiger partial charge in [0, 0.05) is 0 Å². The number of sulfonamides is 1. The molecule has 1 amide bonds. The van der Waals surface area contributed by atoms with E-state index in [4.69, 9.17) is 21.1 Å². The Bertz CT molecular complexity index is 1090. The fourth-order valence-electron chi connectivity index (χ4n) is 2.88. The molecule has 2 rings (SSSR count). The Morgan fingerprint density at radius 1 is 1.12 bits per heavy atom. The highest BCUT2D eigenvalue weighted by Crippen LogP contribution is 2.36. The van der Waals surface area contributed by atoms with Crippen LogP contribution < -0.4 is 19.1 Å². The summed E-state index contributed by atoms with van der Waals surface area (Å²) < 4.78 is 74.7. The van der Waals surface area contributed by atoms with Gasteiger partial charge in [-0.2, -0.15) is 13.2 Å². The topological polar surface area (TPSA) is 84.9 Å². The highest BCUT2D eigenvalue weighted by Gasteiger charge is 2.33. The molecular formula is C20H22ClF3N2O5S. The molecule has 0 spiro atoms. The first kappa shape index (κ1) is 25.6. The first-order valence-corrected chi connectivity index (χ1v) is 11.4. The number of methoxy groups -OCH3 is 2. The van der Waals surface area contributed by atoms with E-state index in [1.165, 1.54) is 14.2 Å². The molecule has 12 heteroatoms. The zero-order valence-electron chi connectivity index (χ0n) is 17.7. The van der Waals surface area contributed by atoms with Crippen LogP contribution in [0.15, 0.2) is 36.4 Å². The van der Waals surface area contributed by atoms with Gasteiger partial charge in [-0.05, 0) is 42.8 Å². The van der Waals surface area contributed by atoms with Crippen LogP contribution in [0.4, 0.5) is 18.9 Å². The second-order valence-corrected chi connectivity index (χ2v) is 9.15. The van der Waals surface area contributed by atoms with Crippen molar-refractivity contribution in [2.24, 2.45) is 0 Å². The molecule has 7 nitrogen and oxygen atoms in total. The number of amides is 1. The Morgan fingerprint density at radius 2 is 1.75 bits per heavy atom. The van der Waals surface area contributed by atoms with E-state index in [1.807, 2.05) is 0 Å². The van der Waals surface area contributed by atoms with Crippen molar-refractivity contribution in [1.29, 1.82) is 0 Å². The molecule has 0 radical (unpaired) electrons. The van der Waals surface area contributed by atoms with Crippen molar-refractivity contribution in [3.8, 4) is 11.5 Å². The SMILES string of the molecule is COc1ccc([C@@H](C)NC(=O)CN(c2cc(C(F)(F)F)ccc2Cl)S(C)(=O)=O)cc1OC. The lowest BCUT2D eigenvalue weighted by Crippen LogP contribution is -2.41. The van der Waals surface area contributed by atoms with E-state index in [2.05, 4.69) is 5.32 Å². The van der Waals surface area contributed by atoms with Crippen molar-refractivity contribution >= 4 is 33.2 Å². The van der Waals surface area contributed by atoms with E-state index in [0.29, 0.717) is 27.4 Å². The van der Waals surface area contributed by atoms with Crippen LogP contribution in [0, 0.1) is 0 Å². The van der Waals surface area contributed by atoms with E-state index < -0.39 is 45.9 Å². The molecule has 32 heavy (non-hydrogen) atoms. The van der Waals surface area contributed by atoms with Crippen molar-refractivity contribution in [2.45, 2.75) is 19.1 Å². The molecule has 1 atom stereocenters. The summed E-state index contributed by atoms with van der Waals surface area (Å²) in [6.45, 7) is 0.888. The monoisotopic (exact) mass is 494 g/mol. The number of benzene rings is 2. The molecule has 0 unspecified atom stereocenters. The molecule has 176 valence electrons. The molecule has 2 aromatic rings. The average Bonchev–Trinajstić information content (AvgIpc) is 2.70. The van der Waals surface area contributed by atoms with E-state index in [9.17, 15) is 26.4 Å². The minimum atomic E-state index is -4.72. The molecule has 2 aromatic carbocycles. The van der Waals surface area contributed by atoms with Gasteiger partial charge in [-0.3, -0.25) is 9.10 Å². The third kappa shape index (κ3) is 6.19. The minimum absolute atomic E-state index is 0.246. The van der Waals surface area contributed by atoms with Crippen LogP contribution in [0.25, 0.3) is 0 Å². The molecule has 0 aliphatic carbocycles. The molecule has 0 aliphatic rings. The lowest BCUT2D eigenvalue weighted by Gasteiger charge is -2.25. The third-order valence-electron chi connectivity index (χ3n) is 4.51. The van der Waals surface area contributed by atoms with Gasteiger partial charge in [0.05, 0.1) is 42.8 Å². The van der Waals surface area contributed by atoms with Gasteiger partial charge < -0.3 is 14.8 Å². The summed E-state index contributed by atoms with van der Waals surface area (Å²) in [6, 6.07) is 6.65. The third-order valence-corrected chi connectivity index (χ3v) is 5.96. The van der Waals surface area contributed by atoms with Gasteiger partial charge in [0.25, 0.3) is 0 Å². The van der Waals surface area contributed by atoms with Crippen LogP contribution in [-0.4, -0.2) is 41.3 Å². The fourth-order valence-corrected chi connectivity index (χ4v) is 4.01. The van der Waals surface area contributed by atoms with Gasteiger partial charge in [-0.15, -0.1) is 0 Å². The number of hydrogen-bond donors (Lipinski definition) is 1. The summed E-state index contributed by atoms with van der Waals surface area (Å²) in [7, 11) is -1.21. The zero-order chi connectivity index (χ0) is 24.3. The van der Waals surface area contributed by atoms with E-state index in [0.717, 1.165) is 18.4 Å². The number of nitrogens with zero attached hydrogens (tertiary/aromatic N) is 1. The number of nitrogens with one attached hydrogen (secondary N) is 1. The predicted octanol–water partition coefficient (Wildman–Crippen LogP) is 4.02. The number of ether oxygens (including phenoxy) is 2. The van der Waals surface area contributed by atoms with Gasteiger partial charge in [0.15, 0.2) is 11.5 Å². The van der Waals surface area contributed by atoms with Crippen molar-refractivity contribution < 1.29 is 35.9 Å². The van der Waals surface area contributed by atoms with Crippen LogP contribution in [0.5, 0.6) is 11.5 Å². The molecule has 0 aliphatic heterocycles. The largest absolute Gasteiger partial charge is 0.493 e. The quantitative estimate of drug-likeness (QED) is 0.599. The molecular weight excluding hydrogens is 473 g/mol. The second-order valence-electron chi connectivity index (χ2n) is 6.84. The number of hydrogen-bond acceptors (Lipinski definition) is 5. The Hall–Kier alpha value is -2.66. The Balaban J connectivity index is 2.29. The normalized spacial score (nSPS) is 12.8. The van der Waals surface area contributed by atoms with Crippen LogP contribution in [0.2, 0.25) is 5.02 Å². The first-order valence-electron chi connectivity index (χ1n) is 9.13. The smallest absolute Gasteiger partial charge is 0.416 e. The molecule has 0 saturated heterocycles. The highest BCUT2D eigenvalue weighted by molar-refractivity contribution is 7.92. The second kappa shape index (κ2) is 9.86. The molecule has 1 N–H and O–H groups in total. The van der Waals surface area contributed by atoms with Crippen molar-refractivity contribution in [3.63, 3.8) is 0 Å². The van der Waals surface area contributed by atoms with E-state index in [-0.39, 0.29) is 5.02 Å². The number of rotatable bonds is 8. The fraction of sp³-hybridized carbons (Fsp3) is 0.350. The summed E-state index contributed by atoms with van der Waals surface area (Å²) in [5.74, 6) is 0.169. The molecule has 0 heterocycles. The van der Waals surface area contributed by atoms with Crippen molar-refractivity contribution in [2.75, 3.05) is 31.3 Å². The molecule has 0 saturated carbocycles. The Morgan fingerprint density at radius 3 is 2.28 bits per heavy atom. The number of anilines is 1. The average molecular weight is 495 g/mol. The van der Waals surface area contributed by atoms with E-state index >= 15 is 0 Å². The van der Waals surface area contributed by atoms with Crippen LogP contribution in [0.3, 0.4) is 0 Å². The summed E-state index contributed by atoms with van der Waals surface area (Å²) in [4.78, 5) is 12.6. The standard InChI is InChI=1S/C20H22ClF3N2O5S/c1-12(13-5-8-17(30-2)18(9-13)31-3)25-19(27)11-26(32(4,28)29)16-10-14(20(22,23)24)6-7-15(16)21/h5-10,12H,11H2,1-4H3,(H,25,27)/t12-/m1/s1. The highest BCUT2D eigenvalue weighted by atomic mass is 35.5. The summed E-state index contributed by atoms with van der Waals surface area (Å²) in [5, 5.41) is 2.37. The van der Waals surface area contributed by atoms with Crippen molar-refractivity contribution in [1.82, 2.24) is 5.32 Å². The maximum atomic E-state index is 13.1. The maximum absolute atomic E-state index is 13.1. The van der Waals surface area contributed by atoms with Gasteiger partial charge in [-0.1, -0.05) is 17.7 Å². The number of carbonyl (C=O) groups is 1. The van der Waals surface area contributed by atoms with Gasteiger partial charge in [0.2, 0.25) is 15.9 Å². The summed E-state index contributed by atoms with van der Waals surface area (Å²) in [5.41, 5.74) is -0.901. The Labute approximate surface area is 189 Å². The summed E-state index contributed by atoms with van der Waals surface area (Å²) >= 11 is 5.96. The van der Waals surface area contributed by atoms with Crippen LogP contribution in [-0.2, 0) is 21.0 Å². The van der Waals surface area contributed by atoms with Gasteiger partial charge >= 0.3 is 6.18 Å². The van der Waals surface area contributed by atoms with Crippen LogP contribution in [0.1, 0.15) is 24.1 Å². The lowest BCUT2D eigenvalue weighted by molar-refractivity contribution is -0.137. The van der Waals surface area contributed by atoms with Crippen LogP contribution >= 0.6 is 11.6 Å². The Kier molecular flexibility index (Phi) is 7.89. The van der Waals surface area contributed by atoms with Gasteiger partial charge in [-0.25, -0.2) is 8.42 Å². The minimum Gasteiger partial charge on any atom is -0.493 e. The lowest BCUT2D eigenvalue weighted by atomic mass is 10.1. The maximum Gasteiger partial charge on any atom is 0.416 e. The zero-order valence-corrected chi connectivity index (χ0v) is 19.2. The number of carbonyl (C=O) groups excluding carboxylic acids is 1. The first-order chi connectivity index (χ1) is 14.8. The number of halogens is 4. The van der Waals surface area contributed by atoms with Crippen molar-refractivity contribution in [3.05, 3.63) is 52.5 Å². The predicted molar refractivity (Wildman–Crippen MR) is 115 cm³/mol. The molecule has 0 fully saturated rings. The summed E-state index contributed by atoms with van der Waals surface area (Å²) in [6.07, 6.45) is -3.94. The van der Waals surface area contributed by atoms with E-state index in [1.54, 1.807) is 25.1 Å². The number of alkyl halides is 3. The van der Waals surface area contributed by atoms with Gasteiger partial charge in [0.1, 0.15) is 6.54 Å². The molecule has 0 aromatic heterocycles.